The summed E-state index contributed by atoms with van der Waals surface area (Å²) < 4.78 is 26.9. The van der Waals surface area contributed by atoms with Gasteiger partial charge in [-0.2, -0.15) is 0 Å². The van der Waals surface area contributed by atoms with Gasteiger partial charge < -0.3 is 9.47 Å². The zero-order valence-electron chi connectivity index (χ0n) is 17.5. The second-order valence-electron chi connectivity index (χ2n) is 10.8. The molecule has 5 fully saturated rings. The molecule has 5 saturated carbocycles. The van der Waals surface area contributed by atoms with Gasteiger partial charge in [-0.1, -0.05) is 0 Å². The van der Waals surface area contributed by atoms with E-state index in [9.17, 15) is 9.18 Å². The summed E-state index contributed by atoms with van der Waals surface area (Å²) in [5.41, 5.74) is 0.316. The quantitative estimate of drug-likeness (QED) is 0.428. The minimum atomic E-state index is -0.656. The summed E-state index contributed by atoms with van der Waals surface area (Å²) in [5.74, 6) is 1.44. The third kappa shape index (κ3) is 3.78. The Bertz CT molecular complexity index is 825. The maximum Gasteiger partial charge on any atom is 0.341 e. The number of carbonyl (C=O) groups excluding carboxylic acids is 1. The predicted octanol–water partition coefficient (Wildman–Crippen LogP) is 6.22. The Kier molecular flexibility index (Phi) is 4.48. The molecule has 0 spiro atoms. The fourth-order valence-electron chi connectivity index (χ4n) is 6.09. The molecule has 0 aromatic heterocycles. The molecule has 0 amide bonds. The van der Waals surface area contributed by atoms with Crippen LogP contribution in [0.1, 0.15) is 87.6 Å². The summed E-state index contributed by atoms with van der Waals surface area (Å²) in [6.45, 7) is 5.37. The maximum absolute atomic E-state index is 14.9. The van der Waals surface area contributed by atoms with Crippen LogP contribution in [0, 0.1) is 23.6 Å². The fourth-order valence-corrected chi connectivity index (χ4v) is 6.71. The fraction of sp³-hybridized carbons (Fsp3) is 0.708. The molecule has 0 radical (unpaired) electrons. The van der Waals surface area contributed by atoms with Crippen LogP contribution >= 0.6 is 11.6 Å². The summed E-state index contributed by atoms with van der Waals surface area (Å²) >= 11 is 6.86. The number of carbonyl (C=O) groups is 1. The van der Waals surface area contributed by atoms with Crippen LogP contribution in [0.4, 0.5) is 4.39 Å². The zero-order valence-corrected chi connectivity index (χ0v) is 18.2. The highest BCUT2D eigenvalue weighted by Gasteiger charge is 2.56. The van der Waals surface area contributed by atoms with Gasteiger partial charge in [0.1, 0.15) is 23.3 Å². The van der Waals surface area contributed by atoms with Crippen molar-refractivity contribution in [3.8, 4) is 5.75 Å². The van der Waals surface area contributed by atoms with E-state index in [1.54, 1.807) is 26.8 Å². The molecule has 5 aliphatic rings. The number of benzene rings is 1. The molecule has 0 heterocycles. The first-order chi connectivity index (χ1) is 13.6. The van der Waals surface area contributed by atoms with Gasteiger partial charge in [0.15, 0.2) is 0 Å². The average molecular weight is 421 g/mol. The number of halogens is 2. The Labute approximate surface area is 177 Å². The average Bonchev–Trinajstić information content (AvgIpc) is 3.40. The van der Waals surface area contributed by atoms with Gasteiger partial charge in [0, 0.05) is 10.9 Å². The van der Waals surface area contributed by atoms with Gasteiger partial charge >= 0.3 is 5.97 Å². The molecule has 0 aliphatic heterocycles. The number of hydrogen-bond donors (Lipinski definition) is 0. The van der Waals surface area contributed by atoms with Gasteiger partial charge in [0.25, 0.3) is 0 Å². The van der Waals surface area contributed by atoms with Crippen LogP contribution < -0.4 is 4.74 Å². The first-order valence-electron chi connectivity index (χ1n) is 11.0. The highest BCUT2D eigenvalue weighted by Crippen LogP contribution is 2.59. The van der Waals surface area contributed by atoms with Crippen molar-refractivity contribution in [1.82, 2.24) is 0 Å². The molecule has 6 rings (SSSR count). The SMILES string of the molecule is CC(C)(C)OC(=O)c1cc(C2CC2)c(OC2C3CC4CC2CC(Cl)(C4)C3)cc1F. The number of rotatable bonds is 4. The molecule has 0 saturated heterocycles. The number of hydrogen-bond acceptors (Lipinski definition) is 3. The van der Waals surface area contributed by atoms with Crippen molar-refractivity contribution < 1.29 is 18.7 Å². The molecule has 5 aliphatic carbocycles. The van der Waals surface area contributed by atoms with E-state index in [-0.39, 0.29) is 16.5 Å². The van der Waals surface area contributed by atoms with E-state index < -0.39 is 17.4 Å². The summed E-state index contributed by atoms with van der Waals surface area (Å²) in [6.07, 6.45) is 7.72. The highest BCUT2D eigenvalue weighted by molar-refractivity contribution is 6.24. The molecule has 2 atom stereocenters. The largest absolute Gasteiger partial charge is 0.489 e. The molecule has 158 valence electrons. The Morgan fingerprint density at radius 1 is 1.14 bits per heavy atom. The van der Waals surface area contributed by atoms with Crippen molar-refractivity contribution in [3.05, 3.63) is 29.1 Å². The van der Waals surface area contributed by atoms with E-state index in [0.29, 0.717) is 23.5 Å². The smallest absolute Gasteiger partial charge is 0.341 e. The topological polar surface area (TPSA) is 35.5 Å². The van der Waals surface area contributed by atoms with Crippen molar-refractivity contribution in [2.24, 2.45) is 17.8 Å². The monoisotopic (exact) mass is 420 g/mol. The van der Waals surface area contributed by atoms with Gasteiger partial charge in [0.2, 0.25) is 0 Å². The van der Waals surface area contributed by atoms with E-state index >= 15 is 0 Å². The summed E-state index contributed by atoms with van der Waals surface area (Å²) in [7, 11) is 0. The van der Waals surface area contributed by atoms with Crippen LogP contribution in [0.2, 0.25) is 0 Å². The van der Waals surface area contributed by atoms with Crippen LogP contribution in [0.15, 0.2) is 12.1 Å². The highest BCUT2D eigenvalue weighted by atomic mass is 35.5. The summed E-state index contributed by atoms with van der Waals surface area (Å²) in [4.78, 5) is 12.5. The summed E-state index contributed by atoms with van der Waals surface area (Å²) in [6, 6.07) is 3.10. The molecule has 4 bridgehead atoms. The van der Waals surface area contributed by atoms with Gasteiger partial charge in [-0.25, -0.2) is 9.18 Å². The van der Waals surface area contributed by atoms with E-state index in [2.05, 4.69) is 0 Å². The second kappa shape index (κ2) is 6.60. The van der Waals surface area contributed by atoms with Gasteiger partial charge in [-0.15, -0.1) is 11.6 Å². The molecule has 2 unspecified atom stereocenters. The van der Waals surface area contributed by atoms with E-state index in [1.807, 2.05) is 0 Å². The van der Waals surface area contributed by atoms with Crippen LogP contribution in [0.5, 0.6) is 5.75 Å². The van der Waals surface area contributed by atoms with Crippen LogP contribution in [-0.4, -0.2) is 22.5 Å². The van der Waals surface area contributed by atoms with Crippen molar-refractivity contribution in [2.45, 2.75) is 88.2 Å². The van der Waals surface area contributed by atoms with Crippen molar-refractivity contribution in [2.75, 3.05) is 0 Å². The molecule has 1 aromatic carbocycles. The van der Waals surface area contributed by atoms with Crippen LogP contribution in [0.25, 0.3) is 0 Å². The third-order valence-electron chi connectivity index (χ3n) is 7.11. The van der Waals surface area contributed by atoms with Gasteiger partial charge in [0.05, 0.1) is 5.56 Å². The number of esters is 1. The van der Waals surface area contributed by atoms with E-state index in [0.717, 1.165) is 43.6 Å². The lowest BCUT2D eigenvalue weighted by molar-refractivity contribution is -0.0700. The molecule has 3 nitrogen and oxygen atoms in total. The minimum absolute atomic E-state index is 0.0129. The van der Waals surface area contributed by atoms with Crippen molar-refractivity contribution >= 4 is 17.6 Å². The minimum Gasteiger partial charge on any atom is -0.489 e. The van der Waals surface area contributed by atoms with Crippen molar-refractivity contribution in [3.63, 3.8) is 0 Å². The maximum atomic E-state index is 14.9. The van der Waals surface area contributed by atoms with Crippen LogP contribution in [0.3, 0.4) is 0 Å². The van der Waals surface area contributed by atoms with Crippen molar-refractivity contribution in [1.29, 1.82) is 0 Å². The molecule has 29 heavy (non-hydrogen) atoms. The lowest BCUT2D eigenvalue weighted by Gasteiger charge is -2.57. The third-order valence-corrected chi connectivity index (χ3v) is 7.57. The van der Waals surface area contributed by atoms with Crippen LogP contribution in [-0.2, 0) is 4.74 Å². The molecular weight excluding hydrogens is 391 g/mol. The second-order valence-corrected chi connectivity index (χ2v) is 11.7. The first kappa shape index (κ1) is 19.7. The van der Waals surface area contributed by atoms with E-state index in [1.165, 1.54) is 18.9 Å². The Morgan fingerprint density at radius 2 is 1.79 bits per heavy atom. The molecule has 0 N–H and O–H groups in total. The molecule has 1 aromatic rings. The lowest BCUT2D eigenvalue weighted by Crippen LogP contribution is -2.56. The Morgan fingerprint density at radius 3 is 2.34 bits per heavy atom. The molecular formula is C24H30ClFO3. The standard InChI is InChI=1S/C24H30ClFO3/c1-23(2,3)29-22(27)18-8-17(14-4-5-14)20(9-19(18)26)28-21-15-6-13-7-16(21)12-24(25,10-13)11-15/h8-9,13-16,21H,4-7,10-12H2,1-3H3. The van der Waals surface area contributed by atoms with Gasteiger partial charge in [-0.3, -0.25) is 0 Å². The zero-order chi connectivity index (χ0) is 20.6. The first-order valence-corrected chi connectivity index (χ1v) is 11.4. The predicted molar refractivity (Wildman–Crippen MR) is 110 cm³/mol. The Hall–Kier alpha value is -1.29. The Balaban J connectivity index is 1.42. The summed E-state index contributed by atoms with van der Waals surface area (Å²) in [5, 5.41) is 0. The van der Waals surface area contributed by atoms with Gasteiger partial charge in [-0.05, 0) is 101 Å². The number of alkyl halides is 1. The normalized spacial score (nSPS) is 35.6. The number of ether oxygens (including phenoxy) is 2. The molecule has 5 heteroatoms. The lowest BCUT2D eigenvalue weighted by atomic mass is 9.54. The van der Waals surface area contributed by atoms with E-state index in [4.69, 9.17) is 21.1 Å².